The van der Waals surface area contributed by atoms with E-state index in [1.54, 1.807) is 0 Å². The predicted molar refractivity (Wildman–Crippen MR) is 81.7 cm³/mol. The highest BCUT2D eigenvalue weighted by Gasteiger charge is 2.48. The van der Waals surface area contributed by atoms with Crippen LogP contribution >= 0.6 is 0 Å². The van der Waals surface area contributed by atoms with Gasteiger partial charge >= 0.3 is 0 Å². The van der Waals surface area contributed by atoms with E-state index >= 15 is 0 Å². The summed E-state index contributed by atoms with van der Waals surface area (Å²) in [4.78, 5) is 24.6. The van der Waals surface area contributed by atoms with Gasteiger partial charge in [-0.2, -0.15) is 0 Å². The van der Waals surface area contributed by atoms with Gasteiger partial charge in [-0.3, -0.25) is 9.69 Å². The second-order valence-electron chi connectivity index (χ2n) is 6.51. The number of H-pyrrole nitrogens is 1. The van der Waals surface area contributed by atoms with E-state index in [0.29, 0.717) is 18.4 Å². The molecule has 5 heteroatoms. The van der Waals surface area contributed by atoms with Crippen LogP contribution in [0.4, 0.5) is 0 Å². The van der Waals surface area contributed by atoms with Crippen LogP contribution < -0.4 is 0 Å². The molecule has 0 spiro atoms. The number of aromatic amines is 1. The van der Waals surface area contributed by atoms with E-state index < -0.39 is 0 Å². The van der Waals surface area contributed by atoms with Crippen molar-refractivity contribution in [3.63, 3.8) is 0 Å². The number of fused-ring (bicyclic) bond motifs is 1. The lowest BCUT2D eigenvalue weighted by Gasteiger charge is -2.52. The van der Waals surface area contributed by atoms with Crippen LogP contribution in [-0.2, 0) is 11.3 Å². The fraction of sp³-hybridized carbons (Fsp3) is 0.750. The standard InChI is InChI=1S/C16H26N4O/c1-3-20-15(21)7-6-13-16(20,2)8-4-5-11-19(13)12-14-17-9-10-18-14/h9-10,13H,3-8,11-12H2,1-2H3,(H,17,18)/t13-,16-/m0/s1. The minimum Gasteiger partial charge on any atom is -0.348 e. The van der Waals surface area contributed by atoms with Crippen LogP contribution in [-0.4, -0.2) is 50.3 Å². The third-order valence-electron chi connectivity index (χ3n) is 5.31. The minimum atomic E-state index is -0.0207. The predicted octanol–water partition coefficient (Wildman–Crippen LogP) is 2.17. The maximum atomic E-state index is 12.3. The van der Waals surface area contributed by atoms with E-state index in [1.165, 1.54) is 12.8 Å². The van der Waals surface area contributed by atoms with Gasteiger partial charge in [0, 0.05) is 31.4 Å². The topological polar surface area (TPSA) is 52.2 Å². The van der Waals surface area contributed by atoms with Crippen molar-refractivity contribution in [2.45, 2.75) is 64.1 Å². The molecule has 0 radical (unpaired) electrons. The van der Waals surface area contributed by atoms with E-state index in [4.69, 9.17) is 0 Å². The van der Waals surface area contributed by atoms with Crippen LogP contribution in [0.3, 0.4) is 0 Å². The second-order valence-corrected chi connectivity index (χ2v) is 6.51. The number of piperidine rings is 1. The number of nitrogens with zero attached hydrogens (tertiary/aromatic N) is 3. The monoisotopic (exact) mass is 290 g/mol. The van der Waals surface area contributed by atoms with E-state index in [1.807, 2.05) is 12.4 Å². The van der Waals surface area contributed by atoms with Crippen LogP contribution in [0.15, 0.2) is 12.4 Å². The molecule has 0 aromatic carbocycles. The molecule has 1 amide bonds. The number of nitrogens with one attached hydrogen (secondary N) is 1. The molecule has 3 heterocycles. The van der Waals surface area contributed by atoms with E-state index in [2.05, 4.69) is 33.6 Å². The van der Waals surface area contributed by atoms with Crippen LogP contribution in [0.1, 0.15) is 51.8 Å². The van der Waals surface area contributed by atoms with Crippen LogP contribution in [0.2, 0.25) is 0 Å². The maximum Gasteiger partial charge on any atom is 0.223 e. The van der Waals surface area contributed by atoms with Crippen molar-refractivity contribution in [2.75, 3.05) is 13.1 Å². The largest absolute Gasteiger partial charge is 0.348 e. The quantitative estimate of drug-likeness (QED) is 0.928. The lowest BCUT2D eigenvalue weighted by Crippen LogP contribution is -2.64. The highest BCUT2D eigenvalue weighted by atomic mass is 16.2. The fourth-order valence-corrected chi connectivity index (χ4v) is 4.31. The molecular formula is C16H26N4O. The number of carbonyl (C=O) groups excluding carboxylic acids is 1. The molecule has 2 atom stereocenters. The molecular weight excluding hydrogens is 264 g/mol. The zero-order valence-electron chi connectivity index (χ0n) is 13.1. The van der Waals surface area contributed by atoms with Crippen molar-refractivity contribution in [3.8, 4) is 0 Å². The Labute approximate surface area is 126 Å². The molecule has 3 rings (SSSR count). The first-order valence-corrected chi connectivity index (χ1v) is 8.18. The molecule has 2 fully saturated rings. The number of aromatic nitrogens is 2. The van der Waals surface area contributed by atoms with Crippen LogP contribution in [0, 0.1) is 0 Å². The van der Waals surface area contributed by atoms with Gasteiger partial charge in [0.25, 0.3) is 0 Å². The van der Waals surface area contributed by atoms with Crippen molar-refractivity contribution in [1.29, 1.82) is 0 Å². The molecule has 1 aromatic rings. The van der Waals surface area contributed by atoms with Gasteiger partial charge < -0.3 is 9.88 Å². The third kappa shape index (κ3) is 2.59. The zero-order valence-corrected chi connectivity index (χ0v) is 13.1. The SMILES string of the molecule is CCN1C(=O)CC[C@@H]2N(Cc3ncc[nH]3)CCCC[C@@]21C. The minimum absolute atomic E-state index is 0.0207. The molecule has 5 nitrogen and oxygen atoms in total. The fourth-order valence-electron chi connectivity index (χ4n) is 4.31. The summed E-state index contributed by atoms with van der Waals surface area (Å²) < 4.78 is 0. The Morgan fingerprint density at radius 3 is 3.05 bits per heavy atom. The van der Waals surface area contributed by atoms with Gasteiger partial charge in [0.1, 0.15) is 5.82 Å². The maximum absolute atomic E-state index is 12.3. The lowest BCUT2D eigenvalue weighted by molar-refractivity contribution is -0.146. The Balaban J connectivity index is 1.87. The number of hydrogen-bond donors (Lipinski definition) is 1. The van der Waals surface area contributed by atoms with Crippen molar-refractivity contribution >= 4 is 5.91 Å². The highest BCUT2D eigenvalue weighted by molar-refractivity contribution is 5.78. The van der Waals surface area contributed by atoms with Gasteiger partial charge in [0.2, 0.25) is 5.91 Å². The summed E-state index contributed by atoms with van der Waals surface area (Å²) in [7, 11) is 0. The number of amides is 1. The van der Waals surface area contributed by atoms with Crippen LogP contribution in [0.5, 0.6) is 0 Å². The summed E-state index contributed by atoms with van der Waals surface area (Å²) in [6, 6.07) is 0.447. The van der Waals surface area contributed by atoms with Crippen molar-refractivity contribution in [1.82, 2.24) is 19.8 Å². The van der Waals surface area contributed by atoms with E-state index in [0.717, 1.165) is 38.3 Å². The summed E-state index contributed by atoms with van der Waals surface area (Å²) in [6.07, 6.45) is 8.88. The molecule has 21 heavy (non-hydrogen) atoms. The van der Waals surface area contributed by atoms with Crippen molar-refractivity contribution in [2.24, 2.45) is 0 Å². The number of likely N-dealkylation sites (tertiary alicyclic amines) is 2. The summed E-state index contributed by atoms with van der Waals surface area (Å²) in [5.41, 5.74) is -0.0207. The van der Waals surface area contributed by atoms with Gasteiger partial charge in [-0.05, 0) is 46.1 Å². The van der Waals surface area contributed by atoms with E-state index in [9.17, 15) is 4.79 Å². The Morgan fingerprint density at radius 1 is 1.48 bits per heavy atom. The van der Waals surface area contributed by atoms with E-state index in [-0.39, 0.29) is 5.54 Å². The van der Waals surface area contributed by atoms with Gasteiger partial charge in [0.05, 0.1) is 12.1 Å². The van der Waals surface area contributed by atoms with Gasteiger partial charge in [-0.15, -0.1) is 0 Å². The molecule has 0 unspecified atom stereocenters. The highest BCUT2D eigenvalue weighted by Crippen LogP contribution is 2.39. The Morgan fingerprint density at radius 2 is 2.33 bits per heavy atom. The molecule has 0 saturated carbocycles. The Bertz CT molecular complexity index is 486. The molecule has 2 saturated heterocycles. The summed E-state index contributed by atoms with van der Waals surface area (Å²) in [6.45, 7) is 7.18. The van der Waals surface area contributed by atoms with Gasteiger partial charge in [-0.1, -0.05) is 0 Å². The summed E-state index contributed by atoms with van der Waals surface area (Å²) in [5.74, 6) is 1.36. The molecule has 0 bridgehead atoms. The molecule has 116 valence electrons. The molecule has 1 N–H and O–H groups in total. The van der Waals surface area contributed by atoms with Crippen molar-refractivity contribution in [3.05, 3.63) is 18.2 Å². The Kier molecular flexibility index (Phi) is 4.02. The zero-order chi connectivity index (χ0) is 14.9. The second kappa shape index (κ2) is 5.79. The smallest absolute Gasteiger partial charge is 0.223 e. The summed E-state index contributed by atoms with van der Waals surface area (Å²) in [5, 5.41) is 0. The average molecular weight is 290 g/mol. The molecule has 1 aromatic heterocycles. The number of likely N-dealkylation sites (N-methyl/N-ethyl adjacent to an activating group) is 1. The molecule has 0 aliphatic carbocycles. The molecule has 2 aliphatic heterocycles. The van der Waals surface area contributed by atoms with Crippen molar-refractivity contribution < 1.29 is 4.79 Å². The first kappa shape index (κ1) is 14.6. The molecule has 2 aliphatic rings. The van der Waals surface area contributed by atoms with Gasteiger partial charge in [-0.25, -0.2) is 4.98 Å². The number of carbonyl (C=O) groups is 1. The number of hydrogen-bond acceptors (Lipinski definition) is 3. The average Bonchev–Trinajstić information content (AvgIpc) is 2.90. The Hall–Kier alpha value is -1.36. The lowest BCUT2D eigenvalue weighted by atomic mass is 9.79. The number of imidazole rings is 1. The third-order valence-corrected chi connectivity index (χ3v) is 5.31. The van der Waals surface area contributed by atoms with Gasteiger partial charge in [0.15, 0.2) is 0 Å². The first-order valence-electron chi connectivity index (χ1n) is 8.18. The van der Waals surface area contributed by atoms with Crippen LogP contribution in [0.25, 0.3) is 0 Å². The summed E-state index contributed by atoms with van der Waals surface area (Å²) >= 11 is 0. The normalized spacial score (nSPS) is 31.0. The first-order chi connectivity index (χ1) is 10.1. The number of rotatable bonds is 3.